The fraction of sp³-hybridized carbons (Fsp3) is 0.235. The summed E-state index contributed by atoms with van der Waals surface area (Å²) >= 11 is 1.44. The van der Waals surface area contributed by atoms with Gasteiger partial charge in [0.15, 0.2) is 16.7 Å². The van der Waals surface area contributed by atoms with E-state index in [9.17, 15) is 5.11 Å². The number of thiazole rings is 1. The number of nitrogens with one attached hydrogen (secondary N) is 1. The molecule has 0 saturated carbocycles. The third-order valence-electron chi connectivity index (χ3n) is 3.19. The minimum Gasteiger partial charge on any atom is -0.504 e. The Morgan fingerprint density at radius 2 is 2.00 bits per heavy atom. The number of hydrogen-bond donors (Lipinski definition) is 2. The number of aromatic hydroxyl groups is 1. The molecule has 0 unspecified atom stereocenters. The largest absolute Gasteiger partial charge is 0.504 e. The first-order chi connectivity index (χ1) is 11.4. The van der Waals surface area contributed by atoms with E-state index in [1.54, 1.807) is 30.7 Å². The van der Waals surface area contributed by atoms with Crippen LogP contribution >= 0.6 is 11.3 Å². The Morgan fingerprint density at radius 1 is 1.17 bits per heavy atom. The van der Waals surface area contributed by atoms with Crippen molar-refractivity contribution in [3.05, 3.63) is 47.3 Å². The van der Waals surface area contributed by atoms with Crippen molar-refractivity contribution in [2.24, 2.45) is 0 Å². The number of nitrogens with zero attached hydrogens (tertiary/aromatic N) is 3. The quantitative estimate of drug-likeness (QED) is 0.729. The zero-order valence-corrected chi connectivity index (χ0v) is 14.5. The highest BCUT2D eigenvalue weighted by molar-refractivity contribution is 7.16. The molecule has 3 heterocycles. The first-order valence-electron chi connectivity index (χ1n) is 7.43. The van der Waals surface area contributed by atoms with E-state index < -0.39 is 0 Å². The highest BCUT2D eigenvalue weighted by Crippen LogP contribution is 2.28. The van der Waals surface area contributed by atoms with Gasteiger partial charge in [-0.1, -0.05) is 32.1 Å². The number of oxazole rings is 1. The van der Waals surface area contributed by atoms with E-state index in [1.807, 2.05) is 12.2 Å². The molecule has 3 aromatic heterocycles. The number of aromatic nitrogens is 3. The molecule has 0 amide bonds. The molecule has 0 aliphatic rings. The number of hydrogen-bond acceptors (Lipinski definition) is 7. The van der Waals surface area contributed by atoms with Crippen molar-refractivity contribution in [2.75, 3.05) is 5.32 Å². The van der Waals surface area contributed by atoms with Gasteiger partial charge < -0.3 is 14.8 Å². The van der Waals surface area contributed by atoms with Crippen LogP contribution in [0.4, 0.5) is 10.9 Å². The predicted molar refractivity (Wildman–Crippen MR) is 95.4 cm³/mol. The standard InChI is InChI=1S/C17H18N4O2S/c1-17(2,3)13-10-19-14(23-13)7-6-11-9-20-16(24-11)21-15-12(22)5-4-8-18-15/h4-10,22H,1-3H3,(H,18,20,21)/b7-6+. The van der Waals surface area contributed by atoms with Gasteiger partial charge in [0.25, 0.3) is 0 Å². The van der Waals surface area contributed by atoms with Crippen LogP contribution in [0.15, 0.2) is 35.1 Å². The predicted octanol–water partition coefficient (Wildman–Crippen LogP) is 4.44. The lowest BCUT2D eigenvalue weighted by Crippen LogP contribution is -2.09. The van der Waals surface area contributed by atoms with Gasteiger partial charge in [0.1, 0.15) is 5.76 Å². The van der Waals surface area contributed by atoms with Gasteiger partial charge in [-0.3, -0.25) is 0 Å². The van der Waals surface area contributed by atoms with Crippen LogP contribution in [0.1, 0.15) is 37.3 Å². The maximum Gasteiger partial charge on any atom is 0.218 e. The van der Waals surface area contributed by atoms with Crippen molar-refractivity contribution in [1.29, 1.82) is 0 Å². The van der Waals surface area contributed by atoms with Crippen molar-refractivity contribution < 1.29 is 9.52 Å². The van der Waals surface area contributed by atoms with Crippen molar-refractivity contribution in [3.8, 4) is 5.75 Å². The molecule has 2 N–H and O–H groups in total. The summed E-state index contributed by atoms with van der Waals surface area (Å²) in [5.41, 5.74) is -0.0641. The Bertz CT molecular complexity index is 861. The van der Waals surface area contributed by atoms with Crippen LogP contribution in [0.2, 0.25) is 0 Å². The minimum atomic E-state index is -0.0641. The fourth-order valence-corrected chi connectivity index (χ4v) is 2.60. The molecule has 24 heavy (non-hydrogen) atoms. The Balaban J connectivity index is 1.70. The average Bonchev–Trinajstić information content (AvgIpc) is 3.16. The second kappa shape index (κ2) is 6.45. The van der Waals surface area contributed by atoms with E-state index in [2.05, 4.69) is 41.0 Å². The van der Waals surface area contributed by atoms with Crippen LogP contribution in [0.3, 0.4) is 0 Å². The molecule has 7 heteroatoms. The van der Waals surface area contributed by atoms with E-state index in [0.717, 1.165) is 10.6 Å². The lowest BCUT2D eigenvalue weighted by Gasteiger charge is -2.12. The van der Waals surface area contributed by atoms with Gasteiger partial charge in [0, 0.05) is 28.8 Å². The molecule has 0 aromatic carbocycles. The van der Waals surface area contributed by atoms with Crippen molar-refractivity contribution in [2.45, 2.75) is 26.2 Å². The Kier molecular flexibility index (Phi) is 4.35. The van der Waals surface area contributed by atoms with E-state index in [-0.39, 0.29) is 11.2 Å². The van der Waals surface area contributed by atoms with Gasteiger partial charge in [-0.2, -0.15) is 0 Å². The van der Waals surface area contributed by atoms with Crippen molar-refractivity contribution in [1.82, 2.24) is 15.0 Å². The highest BCUT2D eigenvalue weighted by Gasteiger charge is 2.18. The van der Waals surface area contributed by atoms with E-state index in [4.69, 9.17) is 4.42 Å². The third-order valence-corrected chi connectivity index (χ3v) is 4.07. The molecule has 0 fully saturated rings. The molecule has 0 bridgehead atoms. The van der Waals surface area contributed by atoms with Crippen LogP contribution in [-0.4, -0.2) is 20.1 Å². The summed E-state index contributed by atoms with van der Waals surface area (Å²) < 4.78 is 5.72. The molecule has 3 aromatic rings. The van der Waals surface area contributed by atoms with Gasteiger partial charge >= 0.3 is 0 Å². The van der Waals surface area contributed by atoms with Crippen LogP contribution in [0, 0.1) is 0 Å². The molecule has 3 rings (SSSR count). The summed E-state index contributed by atoms with van der Waals surface area (Å²) in [5, 5.41) is 13.3. The van der Waals surface area contributed by atoms with Crippen LogP contribution < -0.4 is 5.32 Å². The van der Waals surface area contributed by atoms with Crippen LogP contribution in [0.25, 0.3) is 12.2 Å². The topological polar surface area (TPSA) is 84.1 Å². The van der Waals surface area contributed by atoms with Crippen molar-refractivity contribution >= 4 is 34.4 Å². The molecule has 6 nitrogen and oxygen atoms in total. The lowest BCUT2D eigenvalue weighted by atomic mass is 9.94. The molecule has 0 atom stereocenters. The molecule has 0 spiro atoms. The summed E-state index contributed by atoms with van der Waals surface area (Å²) in [4.78, 5) is 13.5. The zero-order chi connectivity index (χ0) is 17.2. The van der Waals surface area contributed by atoms with E-state index >= 15 is 0 Å². The summed E-state index contributed by atoms with van der Waals surface area (Å²) in [6.07, 6.45) is 8.79. The monoisotopic (exact) mass is 342 g/mol. The Morgan fingerprint density at radius 3 is 2.71 bits per heavy atom. The van der Waals surface area contributed by atoms with Gasteiger partial charge in [-0.25, -0.2) is 15.0 Å². The summed E-state index contributed by atoms with van der Waals surface area (Å²) in [6, 6.07) is 3.23. The fourth-order valence-electron chi connectivity index (χ4n) is 1.88. The van der Waals surface area contributed by atoms with Crippen LogP contribution in [-0.2, 0) is 5.41 Å². The smallest absolute Gasteiger partial charge is 0.218 e. The lowest BCUT2D eigenvalue weighted by molar-refractivity contribution is 0.403. The van der Waals surface area contributed by atoms with Gasteiger partial charge in [-0.05, 0) is 18.2 Å². The first kappa shape index (κ1) is 16.2. The van der Waals surface area contributed by atoms with E-state index in [0.29, 0.717) is 16.8 Å². The molecule has 0 radical (unpaired) electrons. The maximum absolute atomic E-state index is 9.72. The Hall–Kier alpha value is -2.67. The number of rotatable bonds is 4. The molecule has 124 valence electrons. The van der Waals surface area contributed by atoms with E-state index in [1.165, 1.54) is 11.3 Å². The third kappa shape index (κ3) is 3.80. The second-order valence-corrected chi connectivity index (χ2v) is 7.27. The molecule has 0 aliphatic heterocycles. The SMILES string of the molecule is CC(C)(C)c1cnc(/C=C/c2cnc(Nc3ncccc3O)s2)o1. The van der Waals surface area contributed by atoms with Gasteiger partial charge in [0.05, 0.1) is 6.20 Å². The van der Waals surface area contributed by atoms with Crippen LogP contribution in [0.5, 0.6) is 5.75 Å². The highest BCUT2D eigenvalue weighted by atomic mass is 32.1. The average molecular weight is 342 g/mol. The molecular weight excluding hydrogens is 324 g/mol. The van der Waals surface area contributed by atoms with Gasteiger partial charge in [-0.15, -0.1) is 0 Å². The molecule has 0 aliphatic carbocycles. The zero-order valence-electron chi connectivity index (χ0n) is 13.6. The Labute approximate surface area is 143 Å². The van der Waals surface area contributed by atoms with Crippen molar-refractivity contribution in [3.63, 3.8) is 0 Å². The summed E-state index contributed by atoms with van der Waals surface area (Å²) in [5.74, 6) is 1.87. The number of anilines is 2. The van der Waals surface area contributed by atoms with Gasteiger partial charge in [0.2, 0.25) is 5.89 Å². The second-order valence-electron chi connectivity index (χ2n) is 6.21. The summed E-state index contributed by atoms with van der Waals surface area (Å²) in [6.45, 7) is 6.24. The molecular formula is C17H18N4O2S. The maximum atomic E-state index is 9.72. The first-order valence-corrected chi connectivity index (χ1v) is 8.25. The minimum absolute atomic E-state index is 0.0641. The normalized spacial score (nSPS) is 12.0. The summed E-state index contributed by atoms with van der Waals surface area (Å²) in [7, 11) is 0. The number of pyridine rings is 1. The molecule has 0 saturated heterocycles.